The number of aromatic nitrogens is 1. The Morgan fingerprint density at radius 2 is 1.83 bits per heavy atom. The van der Waals surface area contributed by atoms with E-state index in [1.807, 2.05) is 41.3 Å². The SMILES string of the molecule is COc1cccc(Cc2cccc(C3CCCN3C(=O)CCc3ccccc3)n2)c1. The normalized spacial score (nSPS) is 15.9. The van der Waals surface area contributed by atoms with Gasteiger partial charge >= 0.3 is 0 Å². The highest BCUT2D eigenvalue weighted by Gasteiger charge is 2.30. The molecular weight excluding hydrogens is 372 g/mol. The van der Waals surface area contributed by atoms with E-state index in [0.717, 1.165) is 49.4 Å². The Labute approximate surface area is 178 Å². The molecule has 1 aromatic heterocycles. The van der Waals surface area contributed by atoms with Gasteiger partial charge in [0.2, 0.25) is 5.91 Å². The van der Waals surface area contributed by atoms with Gasteiger partial charge in [-0.05, 0) is 54.7 Å². The monoisotopic (exact) mass is 400 g/mol. The summed E-state index contributed by atoms with van der Waals surface area (Å²) < 4.78 is 5.33. The molecule has 2 heterocycles. The predicted molar refractivity (Wildman–Crippen MR) is 118 cm³/mol. The number of benzene rings is 2. The Kier molecular flexibility index (Phi) is 6.43. The third kappa shape index (κ3) is 4.88. The van der Waals surface area contributed by atoms with Crippen molar-refractivity contribution in [1.82, 2.24) is 9.88 Å². The summed E-state index contributed by atoms with van der Waals surface area (Å²) >= 11 is 0. The molecule has 4 heteroatoms. The van der Waals surface area contributed by atoms with Crippen LogP contribution in [-0.2, 0) is 17.6 Å². The van der Waals surface area contributed by atoms with Gasteiger partial charge in [-0.2, -0.15) is 0 Å². The number of carbonyl (C=O) groups is 1. The van der Waals surface area contributed by atoms with E-state index in [-0.39, 0.29) is 11.9 Å². The summed E-state index contributed by atoms with van der Waals surface area (Å²) in [7, 11) is 1.68. The molecular formula is C26H28N2O2. The first-order valence-corrected chi connectivity index (χ1v) is 10.6. The largest absolute Gasteiger partial charge is 0.497 e. The molecule has 4 nitrogen and oxygen atoms in total. The number of amides is 1. The van der Waals surface area contributed by atoms with Crippen LogP contribution in [0.4, 0.5) is 0 Å². The van der Waals surface area contributed by atoms with Crippen molar-refractivity contribution >= 4 is 5.91 Å². The quantitative estimate of drug-likeness (QED) is 0.562. The van der Waals surface area contributed by atoms with E-state index in [1.165, 1.54) is 11.1 Å². The molecule has 3 aromatic rings. The van der Waals surface area contributed by atoms with Crippen LogP contribution in [0.25, 0.3) is 0 Å². The molecule has 4 rings (SSSR count). The number of methoxy groups -OCH3 is 1. The number of hydrogen-bond donors (Lipinski definition) is 0. The lowest BCUT2D eigenvalue weighted by Gasteiger charge is -2.25. The second-order valence-electron chi connectivity index (χ2n) is 7.81. The van der Waals surface area contributed by atoms with Crippen molar-refractivity contribution in [3.05, 3.63) is 95.3 Å². The van der Waals surface area contributed by atoms with Crippen LogP contribution in [-0.4, -0.2) is 29.4 Å². The lowest BCUT2D eigenvalue weighted by atomic mass is 10.1. The van der Waals surface area contributed by atoms with Gasteiger partial charge in [-0.25, -0.2) is 0 Å². The second-order valence-corrected chi connectivity index (χ2v) is 7.81. The zero-order valence-corrected chi connectivity index (χ0v) is 17.5. The zero-order valence-electron chi connectivity index (χ0n) is 17.5. The van der Waals surface area contributed by atoms with Gasteiger partial charge in [-0.3, -0.25) is 9.78 Å². The Morgan fingerprint density at radius 3 is 2.67 bits per heavy atom. The van der Waals surface area contributed by atoms with Crippen LogP contribution in [0.2, 0.25) is 0 Å². The van der Waals surface area contributed by atoms with Gasteiger partial charge in [0.1, 0.15) is 5.75 Å². The minimum atomic E-state index is 0.0820. The number of likely N-dealkylation sites (tertiary alicyclic amines) is 1. The van der Waals surface area contributed by atoms with E-state index >= 15 is 0 Å². The molecule has 0 aliphatic carbocycles. The molecule has 1 aliphatic heterocycles. The number of carbonyl (C=O) groups excluding carboxylic acids is 1. The molecule has 0 radical (unpaired) electrons. The third-order valence-corrected chi connectivity index (χ3v) is 5.73. The molecule has 1 atom stereocenters. The minimum absolute atomic E-state index is 0.0820. The highest BCUT2D eigenvalue weighted by molar-refractivity contribution is 5.77. The van der Waals surface area contributed by atoms with Crippen LogP contribution in [0, 0.1) is 0 Å². The van der Waals surface area contributed by atoms with Crippen LogP contribution >= 0.6 is 0 Å². The van der Waals surface area contributed by atoms with Crippen LogP contribution in [0.15, 0.2) is 72.8 Å². The van der Waals surface area contributed by atoms with E-state index in [4.69, 9.17) is 9.72 Å². The van der Waals surface area contributed by atoms with Gasteiger partial charge in [0.05, 0.1) is 18.8 Å². The van der Waals surface area contributed by atoms with Gasteiger partial charge in [-0.1, -0.05) is 48.5 Å². The van der Waals surface area contributed by atoms with E-state index in [1.54, 1.807) is 7.11 Å². The minimum Gasteiger partial charge on any atom is -0.497 e. The van der Waals surface area contributed by atoms with E-state index in [9.17, 15) is 4.79 Å². The van der Waals surface area contributed by atoms with Crippen molar-refractivity contribution in [2.45, 2.75) is 38.1 Å². The Hall–Kier alpha value is -3.14. The van der Waals surface area contributed by atoms with Crippen LogP contribution in [0.3, 0.4) is 0 Å². The molecule has 0 bridgehead atoms. The fourth-order valence-corrected chi connectivity index (χ4v) is 4.19. The number of nitrogens with zero attached hydrogens (tertiary/aromatic N) is 2. The Balaban J connectivity index is 1.44. The maximum atomic E-state index is 12.9. The summed E-state index contributed by atoms with van der Waals surface area (Å²) in [4.78, 5) is 19.9. The zero-order chi connectivity index (χ0) is 20.8. The number of aryl methyl sites for hydroxylation is 1. The van der Waals surface area contributed by atoms with Crippen molar-refractivity contribution in [3.63, 3.8) is 0 Å². The molecule has 154 valence electrons. The van der Waals surface area contributed by atoms with E-state index in [0.29, 0.717) is 6.42 Å². The van der Waals surface area contributed by atoms with Gasteiger partial charge in [-0.15, -0.1) is 0 Å². The number of ether oxygens (including phenoxy) is 1. The lowest BCUT2D eigenvalue weighted by Crippen LogP contribution is -2.31. The van der Waals surface area contributed by atoms with Crippen molar-refractivity contribution in [2.24, 2.45) is 0 Å². The smallest absolute Gasteiger partial charge is 0.223 e. The van der Waals surface area contributed by atoms with Gasteiger partial charge < -0.3 is 9.64 Å². The summed E-state index contributed by atoms with van der Waals surface area (Å²) in [5, 5.41) is 0. The molecule has 0 N–H and O–H groups in total. The third-order valence-electron chi connectivity index (χ3n) is 5.73. The molecule has 2 aromatic carbocycles. The first kappa shape index (κ1) is 20.1. The summed E-state index contributed by atoms with van der Waals surface area (Å²) in [5.41, 5.74) is 4.39. The van der Waals surface area contributed by atoms with Crippen LogP contribution < -0.4 is 4.74 Å². The first-order chi connectivity index (χ1) is 14.7. The Morgan fingerprint density at radius 1 is 1.03 bits per heavy atom. The number of hydrogen-bond acceptors (Lipinski definition) is 3. The average Bonchev–Trinajstić information content (AvgIpc) is 3.29. The highest BCUT2D eigenvalue weighted by Crippen LogP contribution is 2.32. The summed E-state index contributed by atoms with van der Waals surface area (Å²) in [5.74, 6) is 1.08. The van der Waals surface area contributed by atoms with Gasteiger partial charge in [0.25, 0.3) is 0 Å². The molecule has 1 amide bonds. The molecule has 1 saturated heterocycles. The van der Waals surface area contributed by atoms with Crippen molar-refractivity contribution in [2.75, 3.05) is 13.7 Å². The second kappa shape index (κ2) is 9.57. The molecule has 30 heavy (non-hydrogen) atoms. The average molecular weight is 401 g/mol. The maximum Gasteiger partial charge on any atom is 0.223 e. The predicted octanol–water partition coefficient (Wildman–Crippen LogP) is 4.98. The maximum absolute atomic E-state index is 12.9. The van der Waals surface area contributed by atoms with Crippen LogP contribution in [0.1, 0.15) is 47.8 Å². The highest BCUT2D eigenvalue weighted by atomic mass is 16.5. The van der Waals surface area contributed by atoms with E-state index in [2.05, 4.69) is 36.4 Å². The fraction of sp³-hybridized carbons (Fsp3) is 0.308. The first-order valence-electron chi connectivity index (χ1n) is 10.6. The van der Waals surface area contributed by atoms with Crippen molar-refractivity contribution in [1.29, 1.82) is 0 Å². The molecule has 0 saturated carbocycles. The van der Waals surface area contributed by atoms with Crippen molar-refractivity contribution < 1.29 is 9.53 Å². The number of rotatable bonds is 7. The molecule has 1 fully saturated rings. The molecule has 1 unspecified atom stereocenters. The summed E-state index contributed by atoms with van der Waals surface area (Å²) in [6.45, 7) is 0.820. The molecule has 0 spiro atoms. The molecule has 1 aliphatic rings. The van der Waals surface area contributed by atoms with E-state index < -0.39 is 0 Å². The summed E-state index contributed by atoms with van der Waals surface area (Å²) in [6.07, 6.45) is 4.09. The Bertz CT molecular complexity index is 987. The summed E-state index contributed by atoms with van der Waals surface area (Å²) in [6, 6.07) is 24.6. The standard InChI is InChI=1S/C26H28N2O2/c1-30-23-12-5-10-21(19-23)18-22-11-6-13-24(27-22)25-14-7-17-28(25)26(29)16-15-20-8-3-2-4-9-20/h2-6,8-13,19,25H,7,14-18H2,1H3. The number of pyridine rings is 1. The topological polar surface area (TPSA) is 42.4 Å². The van der Waals surface area contributed by atoms with Gasteiger partial charge in [0, 0.05) is 25.1 Å². The van der Waals surface area contributed by atoms with Crippen LogP contribution in [0.5, 0.6) is 5.75 Å². The lowest BCUT2D eigenvalue weighted by molar-refractivity contribution is -0.132. The van der Waals surface area contributed by atoms with Crippen molar-refractivity contribution in [3.8, 4) is 5.75 Å². The fourth-order valence-electron chi connectivity index (χ4n) is 4.19. The van der Waals surface area contributed by atoms with Gasteiger partial charge in [0.15, 0.2) is 0 Å².